The van der Waals surface area contributed by atoms with E-state index in [-0.39, 0.29) is 24.1 Å². The fourth-order valence-electron chi connectivity index (χ4n) is 3.60. The molecule has 1 heterocycles. The molecule has 0 aromatic heterocycles. The maximum Gasteiger partial charge on any atom is 0.315 e. The first-order valence-corrected chi connectivity index (χ1v) is 11.3. The summed E-state index contributed by atoms with van der Waals surface area (Å²) < 4.78 is 5.67. The smallest absolute Gasteiger partial charge is 0.315 e. The fourth-order valence-corrected chi connectivity index (χ4v) is 3.60. The van der Waals surface area contributed by atoms with Gasteiger partial charge in [-0.1, -0.05) is 24.3 Å². The average Bonchev–Trinajstić information content (AvgIpc) is 2.77. The van der Waals surface area contributed by atoms with E-state index in [1.54, 1.807) is 0 Å². The summed E-state index contributed by atoms with van der Waals surface area (Å²) in [5, 5.41) is 8.74. The highest BCUT2D eigenvalue weighted by Crippen LogP contribution is 2.17. The molecule has 0 aliphatic carbocycles. The third kappa shape index (κ3) is 7.48. The van der Waals surface area contributed by atoms with Gasteiger partial charge in [-0.2, -0.15) is 0 Å². The Morgan fingerprint density at radius 1 is 1.06 bits per heavy atom. The van der Waals surface area contributed by atoms with Crippen LogP contribution in [0.4, 0.5) is 10.5 Å². The molecule has 3 rings (SSSR count). The lowest BCUT2D eigenvalue weighted by Crippen LogP contribution is -2.47. The second-order valence-electron chi connectivity index (χ2n) is 8.52. The number of hydrogen-bond donors (Lipinski definition) is 3. The number of aryl methyl sites for hydroxylation is 1. The molecule has 1 unspecified atom stereocenters. The number of carbonyl (C=O) groups is 2. The molecule has 3 amide bonds. The molecule has 0 spiro atoms. The van der Waals surface area contributed by atoms with Crippen LogP contribution in [0.1, 0.15) is 38.3 Å². The van der Waals surface area contributed by atoms with Crippen LogP contribution in [0.15, 0.2) is 48.5 Å². The lowest BCUT2D eigenvalue weighted by atomic mass is 10.1. The van der Waals surface area contributed by atoms with Crippen LogP contribution in [0.2, 0.25) is 0 Å². The second-order valence-corrected chi connectivity index (χ2v) is 8.52. The molecule has 3 N–H and O–H groups in total. The van der Waals surface area contributed by atoms with E-state index in [0.29, 0.717) is 19.6 Å². The minimum absolute atomic E-state index is 0.0462. The summed E-state index contributed by atoms with van der Waals surface area (Å²) in [7, 11) is 0. The van der Waals surface area contributed by atoms with E-state index >= 15 is 0 Å². The van der Waals surface area contributed by atoms with E-state index in [9.17, 15) is 9.59 Å². The average molecular weight is 439 g/mol. The van der Waals surface area contributed by atoms with E-state index in [1.165, 1.54) is 5.56 Å². The highest BCUT2D eigenvalue weighted by Gasteiger charge is 2.16. The van der Waals surface area contributed by atoms with Gasteiger partial charge in [0.15, 0.2) is 0 Å². The van der Waals surface area contributed by atoms with Crippen molar-refractivity contribution in [3.8, 4) is 5.75 Å². The van der Waals surface area contributed by atoms with Crippen molar-refractivity contribution < 1.29 is 14.3 Å². The number of urea groups is 1. The third-order valence-electron chi connectivity index (χ3n) is 5.33. The molecular weight excluding hydrogens is 404 g/mol. The van der Waals surface area contributed by atoms with Gasteiger partial charge in [0.2, 0.25) is 5.91 Å². The van der Waals surface area contributed by atoms with Crippen LogP contribution in [0.5, 0.6) is 5.75 Å². The summed E-state index contributed by atoms with van der Waals surface area (Å²) in [5.74, 6) is 0.925. The van der Waals surface area contributed by atoms with Crippen molar-refractivity contribution in [1.82, 2.24) is 16.0 Å². The molecule has 7 heteroatoms. The van der Waals surface area contributed by atoms with Crippen molar-refractivity contribution >= 4 is 17.6 Å². The largest absolute Gasteiger partial charge is 0.491 e. The maximum absolute atomic E-state index is 12.2. The molecule has 1 saturated heterocycles. The number of benzene rings is 2. The van der Waals surface area contributed by atoms with Gasteiger partial charge in [0.1, 0.15) is 5.75 Å². The molecule has 1 atom stereocenters. The van der Waals surface area contributed by atoms with Crippen LogP contribution in [-0.2, 0) is 17.8 Å². The topological polar surface area (TPSA) is 82.7 Å². The van der Waals surface area contributed by atoms with Crippen molar-refractivity contribution in [1.29, 1.82) is 0 Å². The Bertz CT molecular complexity index is 881. The number of carbonyl (C=O) groups excluding carboxylic acids is 2. The highest BCUT2D eigenvalue weighted by atomic mass is 16.5. The Hall–Kier alpha value is -3.22. The predicted octanol–water partition coefficient (Wildman–Crippen LogP) is 3.23. The van der Waals surface area contributed by atoms with Crippen LogP contribution in [0.3, 0.4) is 0 Å². The zero-order chi connectivity index (χ0) is 22.9. The summed E-state index contributed by atoms with van der Waals surface area (Å²) in [6.45, 7) is 8.35. The number of ether oxygens (including phenoxy) is 1. The van der Waals surface area contributed by atoms with Crippen molar-refractivity contribution in [2.24, 2.45) is 0 Å². The van der Waals surface area contributed by atoms with Gasteiger partial charge in [0, 0.05) is 31.4 Å². The van der Waals surface area contributed by atoms with E-state index in [0.717, 1.165) is 36.4 Å². The number of piperazine rings is 1. The summed E-state index contributed by atoms with van der Waals surface area (Å²) in [4.78, 5) is 25.8. The van der Waals surface area contributed by atoms with E-state index in [2.05, 4.69) is 33.0 Å². The lowest BCUT2D eigenvalue weighted by Gasteiger charge is -2.28. The molecular formula is C25H34N4O3. The molecule has 1 aliphatic rings. The number of amides is 3. The Balaban J connectivity index is 1.37. The molecule has 1 aliphatic heterocycles. The Kier molecular flexibility index (Phi) is 8.36. The van der Waals surface area contributed by atoms with Gasteiger partial charge in [-0.25, -0.2) is 4.79 Å². The first-order valence-electron chi connectivity index (χ1n) is 11.3. The predicted molar refractivity (Wildman–Crippen MR) is 127 cm³/mol. The van der Waals surface area contributed by atoms with E-state index < -0.39 is 0 Å². The van der Waals surface area contributed by atoms with Gasteiger partial charge in [-0.3, -0.25) is 4.79 Å². The van der Waals surface area contributed by atoms with E-state index in [4.69, 9.17) is 4.74 Å². The van der Waals surface area contributed by atoms with Crippen LogP contribution in [-0.4, -0.2) is 43.7 Å². The molecule has 1 fully saturated rings. The minimum Gasteiger partial charge on any atom is -0.491 e. The summed E-state index contributed by atoms with van der Waals surface area (Å²) in [5.41, 5.74) is 3.26. The van der Waals surface area contributed by atoms with Crippen molar-refractivity contribution in [2.75, 3.05) is 24.5 Å². The molecule has 0 bridgehead atoms. The summed E-state index contributed by atoms with van der Waals surface area (Å²) in [6.07, 6.45) is 1.91. The van der Waals surface area contributed by atoms with Gasteiger partial charge >= 0.3 is 6.03 Å². The molecule has 7 nitrogen and oxygen atoms in total. The van der Waals surface area contributed by atoms with Crippen LogP contribution in [0.25, 0.3) is 0 Å². The maximum atomic E-state index is 12.2. The molecule has 0 radical (unpaired) electrons. The van der Waals surface area contributed by atoms with Crippen LogP contribution >= 0.6 is 0 Å². The number of nitrogens with one attached hydrogen (secondary N) is 3. The molecule has 0 saturated carbocycles. The zero-order valence-electron chi connectivity index (χ0n) is 19.2. The molecule has 32 heavy (non-hydrogen) atoms. The zero-order valence-corrected chi connectivity index (χ0v) is 19.2. The second kappa shape index (κ2) is 11.4. The standard InChI is InChI=1S/C25H34N4O3/c1-18(2)32-23-12-8-20(9-13-23)5-4-19(3)28-25(31)27-16-21-6-10-22(11-7-21)29-15-14-26-24(30)17-29/h6-13,18-19H,4-5,14-17H2,1-3H3,(H,26,30)(H2,27,28,31). The van der Waals surface area contributed by atoms with Gasteiger partial charge in [-0.05, 0) is 69.0 Å². The Labute approximate surface area is 190 Å². The normalized spacial score (nSPS) is 14.6. The van der Waals surface area contributed by atoms with Gasteiger partial charge < -0.3 is 25.6 Å². The van der Waals surface area contributed by atoms with Gasteiger partial charge in [0.25, 0.3) is 0 Å². The minimum atomic E-state index is -0.171. The number of anilines is 1. The lowest BCUT2D eigenvalue weighted by molar-refractivity contribution is -0.120. The number of nitrogens with zero attached hydrogens (tertiary/aromatic N) is 1. The van der Waals surface area contributed by atoms with Crippen LogP contribution in [0, 0.1) is 0 Å². The Morgan fingerprint density at radius 2 is 1.75 bits per heavy atom. The monoisotopic (exact) mass is 438 g/mol. The van der Waals surface area contributed by atoms with Gasteiger partial charge in [-0.15, -0.1) is 0 Å². The summed E-state index contributed by atoms with van der Waals surface area (Å²) >= 11 is 0. The number of rotatable bonds is 9. The molecule has 2 aromatic carbocycles. The molecule has 2 aromatic rings. The van der Waals surface area contributed by atoms with Crippen LogP contribution < -0.4 is 25.6 Å². The first kappa shape index (κ1) is 23.4. The van der Waals surface area contributed by atoms with Crippen molar-refractivity contribution in [3.63, 3.8) is 0 Å². The quantitative estimate of drug-likeness (QED) is 0.561. The van der Waals surface area contributed by atoms with Crippen molar-refractivity contribution in [2.45, 2.75) is 52.3 Å². The van der Waals surface area contributed by atoms with E-state index in [1.807, 2.05) is 57.2 Å². The highest BCUT2D eigenvalue weighted by molar-refractivity contribution is 5.82. The number of hydrogen-bond acceptors (Lipinski definition) is 4. The first-order chi connectivity index (χ1) is 15.4. The van der Waals surface area contributed by atoms with Gasteiger partial charge in [0.05, 0.1) is 12.6 Å². The third-order valence-corrected chi connectivity index (χ3v) is 5.33. The fraction of sp³-hybridized carbons (Fsp3) is 0.440. The molecule has 172 valence electrons. The van der Waals surface area contributed by atoms with Crippen molar-refractivity contribution in [3.05, 3.63) is 59.7 Å². The SMILES string of the molecule is CC(CCc1ccc(OC(C)C)cc1)NC(=O)NCc1ccc(N2CCNC(=O)C2)cc1. The summed E-state index contributed by atoms with van der Waals surface area (Å²) in [6, 6.07) is 16.0. The Morgan fingerprint density at radius 3 is 2.41 bits per heavy atom.